The monoisotopic (exact) mass is 355 g/mol. The van der Waals surface area contributed by atoms with Crippen molar-refractivity contribution in [2.24, 2.45) is 0 Å². The average Bonchev–Trinajstić information content (AvgIpc) is 3.00. The number of nitrogens with one attached hydrogen (secondary N) is 2. The lowest BCUT2D eigenvalue weighted by Crippen LogP contribution is -2.24. The molecule has 2 unspecified atom stereocenters. The molecule has 126 valence electrons. The Morgan fingerprint density at radius 2 is 2.16 bits per heavy atom. The normalized spacial score (nSPS) is 20.3. The summed E-state index contributed by atoms with van der Waals surface area (Å²) >= 11 is 6.21. The van der Waals surface area contributed by atoms with Gasteiger partial charge in [0, 0.05) is 18.2 Å². The van der Waals surface area contributed by atoms with Crippen LogP contribution in [0, 0.1) is 0 Å². The number of hydrogen-bond donors (Lipinski definition) is 2. The number of carbonyl (C=O) groups is 1. The fraction of sp³-hybridized carbons (Fsp3) is 0.167. The van der Waals surface area contributed by atoms with Crippen molar-refractivity contribution in [1.29, 1.82) is 0 Å². The number of likely N-dealkylation sites (N-methyl/N-ethyl adjacent to an activating group) is 1. The van der Waals surface area contributed by atoms with Crippen LogP contribution in [0.2, 0.25) is 5.02 Å². The molecule has 0 saturated heterocycles. The van der Waals surface area contributed by atoms with Gasteiger partial charge in [-0.25, -0.2) is 4.98 Å². The largest absolute Gasteiger partial charge is 0.478 e. The molecule has 0 bridgehead atoms. The quantitative estimate of drug-likeness (QED) is 0.864. The highest BCUT2D eigenvalue weighted by Crippen LogP contribution is 2.39. The maximum atomic E-state index is 12.4. The van der Waals surface area contributed by atoms with E-state index in [1.807, 2.05) is 6.07 Å². The zero-order valence-electron chi connectivity index (χ0n) is 13.2. The van der Waals surface area contributed by atoms with Crippen LogP contribution in [0.1, 0.15) is 11.6 Å². The summed E-state index contributed by atoms with van der Waals surface area (Å²) in [6.45, 7) is 0. The lowest BCUT2D eigenvalue weighted by atomic mass is 9.91. The molecule has 4 rings (SSSR count). The zero-order valence-corrected chi connectivity index (χ0v) is 14.0. The van der Waals surface area contributed by atoms with Crippen molar-refractivity contribution in [1.82, 2.24) is 15.3 Å². The molecule has 1 aromatic heterocycles. The molecule has 2 N–H and O–H groups in total. The van der Waals surface area contributed by atoms with Gasteiger partial charge in [-0.3, -0.25) is 9.59 Å². The van der Waals surface area contributed by atoms with Crippen LogP contribution in [-0.2, 0) is 4.79 Å². The number of aromatic amines is 1. The Kier molecular flexibility index (Phi) is 3.69. The number of benzene rings is 1. The summed E-state index contributed by atoms with van der Waals surface area (Å²) < 4.78 is 5.72. The Morgan fingerprint density at radius 1 is 1.36 bits per heavy atom. The van der Waals surface area contributed by atoms with E-state index in [9.17, 15) is 9.59 Å². The first-order valence-electron chi connectivity index (χ1n) is 7.76. The number of hydrogen-bond acceptors (Lipinski definition) is 4. The molecule has 0 spiro atoms. The third-order valence-electron chi connectivity index (χ3n) is 4.27. The topological polar surface area (TPSA) is 84.1 Å². The van der Waals surface area contributed by atoms with Crippen LogP contribution in [-0.4, -0.2) is 29.0 Å². The van der Waals surface area contributed by atoms with Gasteiger partial charge in [0.25, 0.3) is 11.5 Å². The Bertz CT molecular complexity index is 993. The van der Waals surface area contributed by atoms with E-state index in [0.717, 1.165) is 0 Å². The summed E-state index contributed by atoms with van der Waals surface area (Å²) in [5.74, 6) is 0.0723. The Morgan fingerprint density at radius 3 is 2.92 bits per heavy atom. The van der Waals surface area contributed by atoms with Crippen LogP contribution < -0.4 is 15.6 Å². The number of amides is 1. The molecule has 0 radical (unpaired) electrons. The third kappa shape index (κ3) is 2.55. The van der Waals surface area contributed by atoms with Crippen molar-refractivity contribution in [3.63, 3.8) is 0 Å². The number of ether oxygens (including phenoxy) is 1. The number of H-pyrrole nitrogens is 1. The molecule has 2 aliphatic rings. The smallest absolute Gasteiger partial charge is 0.293 e. The van der Waals surface area contributed by atoms with Crippen LogP contribution in [0.15, 0.2) is 52.9 Å². The van der Waals surface area contributed by atoms with E-state index in [-0.39, 0.29) is 29.2 Å². The van der Waals surface area contributed by atoms with Crippen molar-refractivity contribution in [2.75, 3.05) is 7.05 Å². The zero-order chi connectivity index (χ0) is 17.6. The molecule has 2 aromatic rings. The molecule has 1 aliphatic carbocycles. The fourth-order valence-electron chi connectivity index (χ4n) is 3.04. The van der Waals surface area contributed by atoms with E-state index < -0.39 is 0 Å². The molecule has 7 heteroatoms. The van der Waals surface area contributed by atoms with E-state index in [2.05, 4.69) is 15.3 Å². The highest BCUT2D eigenvalue weighted by Gasteiger charge is 2.38. The van der Waals surface area contributed by atoms with Gasteiger partial charge in [-0.1, -0.05) is 35.9 Å². The second kappa shape index (κ2) is 5.89. The SMILES string of the molecule is CNC(=O)C1=CC2c3nc(-c4ccccc4Cl)[nH]c(=O)c3OC2C=C1. The van der Waals surface area contributed by atoms with Crippen molar-refractivity contribution < 1.29 is 9.53 Å². The van der Waals surface area contributed by atoms with E-state index in [0.29, 0.717) is 27.7 Å². The summed E-state index contributed by atoms with van der Waals surface area (Å²) in [5.41, 5.74) is 1.29. The summed E-state index contributed by atoms with van der Waals surface area (Å²) in [7, 11) is 1.57. The number of carbonyl (C=O) groups excluding carboxylic acids is 1. The van der Waals surface area contributed by atoms with Crippen molar-refractivity contribution in [3.05, 3.63) is 69.1 Å². The maximum Gasteiger partial charge on any atom is 0.293 e. The van der Waals surface area contributed by atoms with Crippen LogP contribution in [0.5, 0.6) is 5.75 Å². The number of nitrogens with zero attached hydrogens (tertiary/aromatic N) is 1. The molecule has 2 heterocycles. The van der Waals surface area contributed by atoms with Gasteiger partial charge in [0.2, 0.25) is 5.75 Å². The number of rotatable bonds is 2. The lowest BCUT2D eigenvalue weighted by Gasteiger charge is -2.17. The molecule has 2 atom stereocenters. The minimum absolute atomic E-state index is 0.185. The van der Waals surface area contributed by atoms with Gasteiger partial charge < -0.3 is 15.0 Å². The Hall–Kier alpha value is -2.86. The van der Waals surface area contributed by atoms with Gasteiger partial charge >= 0.3 is 0 Å². The maximum absolute atomic E-state index is 12.4. The van der Waals surface area contributed by atoms with Crippen LogP contribution in [0.3, 0.4) is 0 Å². The molecular weight excluding hydrogens is 342 g/mol. The van der Waals surface area contributed by atoms with Gasteiger partial charge in [0.05, 0.1) is 10.9 Å². The van der Waals surface area contributed by atoms with Gasteiger partial charge in [-0.2, -0.15) is 0 Å². The van der Waals surface area contributed by atoms with Crippen LogP contribution in [0.25, 0.3) is 11.4 Å². The van der Waals surface area contributed by atoms with E-state index in [4.69, 9.17) is 16.3 Å². The minimum Gasteiger partial charge on any atom is -0.478 e. The third-order valence-corrected chi connectivity index (χ3v) is 4.60. The standard InChI is InChI=1S/C18H14ClN3O3/c1-20-17(23)9-6-7-13-11(8-9)14-15(25-13)18(24)22-16(21-14)10-4-2-3-5-12(10)19/h2-8,11,13H,1H3,(H,20,23)(H,21,22,24). The van der Waals surface area contributed by atoms with Crippen LogP contribution >= 0.6 is 11.6 Å². The van der Waals surface area contributed by atoms with Gasteiger partial charge in [-0.15, -0.1) is 0 Å². The molecule has 6 nitrogen and oxygen atoms in total. The Labute approximate surface area is 148 Å². The van der Waals surface area contributed by atoms with Crippen molar-refractivity contribution in [2.45, 2.75) is 12.0 Å². The summed E-state index contributed by atoms with van der Waals surface area (Å²) in [4.78, 5) is 31.6. The highest BCUT2D eigenvalue weighted by molar-refractivity contribution is 6.33. The molecule has 25 heavy (non-hydrogen) atoms. The summed E-state index contributed by atoms with van der Waals surface area (Å²) in [6, 6.07) is 7.14. The molecule has 1 aliphatic heterocycles. The highest BCUT2D eigenvalue weighted by atomic mass is 35.5. The first kappa shape index (κ1) is 15.7. The first-order chi connectivity index (χ1) is 12.1. The Balaban J connectivity index is 1.83. The van der Waals surface area contributed by atoms with Gasteiger partial charge in [0.1, 0.15) is 17.6 Å². The molecule has 1 aromatic carbocycles. The average molecular weight is 356 g/mol. The van der Waals surface area contributed by atoms with Crippen molar-refractivity contribution in [3.8, 4) is 17.1 Å². The van der Waals surface area contributed by atoms with E-state index in [1.165, 1.54) is 0 Å². The minimum atomic E-state index is -0.363. The lowest BCUT2D eigenvalue weighted by molar-refractivity contribution is -0.116. The first-order valence-corrected chi connectivity index (χ1v) is 8.14. The van der Waals surface area contributed by atoms with E-state index in [1.54, 1.807) is 43.5 Å². The number of fused-ring (bicyclic) bond motifs is 3. The predicted molar refractivity (Wildman–Crippen MR) is 93.8 cm³/mol. The predicted octanol–water partition coefficient (Wildman–Crippen LogP) is 2.18. The second-order valence-electron chi connectivity index (χ2n) is 5.78. The summed E-state index contributed by atoms with van der Waals surface area (Å²) in [5, 5.41) is 3.08. The van der Waals surface area contributed by atoms with Gasteiger partial charge in [-0.05, 0) is 18.2 Å². The fourth-order valence-corrected chi connectivity index (χ4v) is 3.27. The molecule has 1 amide bonds. The summed E-state index contributed by atoms with van der Waals surface area (Å²) in [6.07, 6.45) is 4.89. The van der Waals surface area contributed by atoms with Crippen LogP contribution in [0.4, 0.5) is 0 Å². The van der Waals surface area contributed by atoms with E-state index >= 15 is 0 Å². The van der Waals surface area contributed by atoms with Gasteiger partial charge in [0.15, 0.2) is 0 Å². The second-order valence-corrected chi connectivity index (χ2v) is 6.18. The number of halogens is 1. The van der Waals surface area contributed by atoms with Crippen molar-refractivity contribution >= 4 is 17.5 Å². The number of aromatic nitrogens is 2. The molecule has 0 fully saturated rings. The molecular formula is C18H14ClN3O3. The molecule has 0 saturated carbocycles.